The zero-order chi connectivity index (χ0) is 12.7. The highest BCUT2D eigenvalue weighted by atomic mass is 16.5. The van der Waals surface area contributed by atoms with Crippen molar-refractivity contribution in [2.45, 2.75) is 26.7 Å². The van der Waals surface area contributed by atoms with Gasteiger partial charge in [-0.05, 0) is 12.3 Å². The van der Waals surface area contributed by atoms with Crippen LogP contribution in [0, 0.1) is 5.92 Å². The van der Waals surface area contributed by atoms with Crippen molar-refractivity contribution in [3.63, 3.8) is 0 Å². The molecule has 0 aromatic carbocycles. The number of nitrogens with one attached hydrogen (secondary N) is 1. The topological polar surface area (TPSA) is 58.6 Å². The minimum atomic E-state index is -0.0445. The van der Waals surface area contributed by atoms with E-state index in [0.29, 0.717) is 32.0 Å². The van der Waals surface area contributed by atoms with Gasteiger partial charge in [0, 0.05) is 32.7 Å². The molecule has 1 aliphatic rings. The Hall–Kier alpha value is -1.10. The second-order valence-electron chi connectivity index (χ2n) is 4.73. The molecular weight excluding hydrogens is 220 g/mol. The average Bonchev–Trinajstić information content (AvgIpc) is 2.43. The Morgan fingerprint density at radius 1 is 1.41 bits per heavy atom. The van der Waals surface area contributed by atoms with Gasteiger partial charge in [0.2, 0.25) is 11.8 Å². The van der Waals surface area contributed by atoms with Crippen molar-refractivity contribution in [1.29, 1.82) is 0 Å². The maximum atomic E-state index is 11.6. The number of hydrogen-bond acceptors (Lipinski definition) is 3. The first-order chi connectivity index (χ1) is 8.09. The first kappa shape index (κ1) is 14.0. The molecule has 0 aromatic rings. The standard InChI is InChI=1S/C12H22N2O3/c1-10(2)9-17-7-3-5-14-6-4-11(15)13-8-12(14)16/h10H,3-9H2,1-2H3,(H,13,15). The van der Waals surface area contributed by atoms with Gasteiger partial charge in [-0.3, -0.25) is 9.59 Å². The third kappa shape index (κ3) is 5.68. The normalized spacial score (nSPS) is 17.2. The van der Waals surface area contributed by atoms with Crippen LogP contribution in [-0.4, -0.2) is 49.6 Å². The molecule has 1 aliphatic heterocycles. The van der Waals surface area contributed by atoms with Gasteiger partial charge in [0.25, 0.3) is 0 Å². The molecule has 0 aromatic heterocycles. The lowest BCUT2D eigenvalue weighted by molar-refractivity contribution is -0.130. The molecule has 0 spiro atoms. The molecule has 1 heterocycles. The van der Waals surface area contributed by atoms with Crippen LogP contribution in [0.3, 0.4) is 0 Å². The predicted molar refractivity (Wildman–Crippen MR) is 64.5 cm³/mol. The van der Waals surface area contributed by atoms with Gasteiger partial charge in [-0.25, -0.2) is 0 Å². The van der Waals surface area contributed by atoms with E-state index in [1.165, 1.54) is 0 Å². The third-order valence-corrected chi connectivity index (χ3v) is 2.57. The van der Waals surface area contributed by atoms with Gasteiger partial charge in [-0.15, -0.1) is 0 Å². The van der Waals surface area contributed by atoms with Crippen LogP contribution in [0.1, 0.15) is 26.7 Å². The molecule has 17 heavy (non-hydrogen) atoms. The van der Waals surface area contributed by atoms with E-state index in [1.807, 2.05) is 0 Å². The molecule has 0 radical (unpaired) electrons. The second kappa shape index (κ2) is 7.27. The Kier molecular flexibility index (Phi) is 5.97. The summed E-state index contributed by atoms with van der Waals surface area (Å²) >= 11 is 0. The number of nitrogens with zero attached hydrogens (tertiary/aromatic N) is 1. The molecular formula is C12H22N2O3. The van der Waals surface area contributed by atoms with Crippen molar-refractivity contribution in [3.05, 3.63) is 0 Å². The Bertz CT molecular complexity index is 266. The van der Waals surface area contributed by atoms with Crippen LogP contribution in [0.4, 0.5) is 0 Å². The molecule has 5 nitrogen and oxygen atoms in total. The van der Waals surface area contributed by atoms with E-state index >= 15 is 0 Å². The minimum absolute atomic E-state index is 0.000269. The molecule has 0 unspecified atom stereocenters. The summed E-state index contributed by atoms with van der Waals surface area (Å²) in [6.45, 7) is 6.97. The molecule has 1 rings (SSSR count). The van der Waals surface area contributed by atoms with E-state index in [-0.39, 0.29) is 18.4 Å². The summed E-state index contributed by atoms with van der Waals surface area (Å²) in [7, 11) is 0. The molecule has 1 saturated heterocycles. The molecule has 98 valence electrons. The lowest BCUT2D eigenvalue weighted by Crippen LogP contribution is -2.36. The Morgan fingerprint density at radius 3 is 2.88 bits per heavy atom. The molecule has 0 saturated carbocycles. The van der Waals surface area contributed by atoms with Crippen LogP contribution < -0.4 is 5.32 Å². The summed E-state index contributed by atoms with van der Waals surface area (Å²) in [6, 6.07) is 0. The van der Waals surface area contributed by atoms with Crippen molar-refractivity contribution in [2.24, 2.45) is 5.92 Å². The van der Waals surface area contributed by atoms with Crippen molar-refractivity contribution in [3.8, 4) is 0 Å². The zero-order valence-electron chi connectivity index (χ0n) is 10.7. The van der Waals surface area contributed by atoms with Gasteiger partial charge in [-0.2, -0.15) is 0 Å². The fourth-order valence-electron chi connectivity index (χ4n) is 1.65. The van der Waals surface area contributed by atoms with Crippen LogP contribution in [0.5, 0.6) is 0 Å². The number of ether oxygens (including phenoxy) is 1. The monoisotopic (exact) mass is 242 g/mol. The first-order valence-electron chi connectivity index (χ1n) is 6.22. The molecule has 1 N–H and O–H groups in total. The fraction of sp³-hybridized carbons (Fsp3) is 0.833. The summed E-state index contributed by atoms with van der Waals surface area (Å²) in [5.74, 6) is 0.494. The summed E-state index contributed by atoms with van der Waals surface area (Å²) in [5.41, 5.74) is 0. The number of rotatable bonds is 6. The Balaban J connectivity index is 2.16. The van der Waals surface area contributed by atoms with Gasteiger partial charge in [0.05, 0.1) is 6.54 Å². The molecule has 0 aliphatic carbocycles. The van der Waals surface area contributed by atoms with E-state index in [2.05, 4.69) is 19.2 Å². The molecule has 5 heteroatoms. The Morgan fingerprint density at radius 2 is 2.18 bits per heavy atom. The highest BCUT2D eigenvalue weighted by Crippen LogP contribution is 2.00. The summed E-state index contributed by atoms with van der Waals surface area (Å²) < 4.78 is 5.45. The second-order valence-corrected chi connectivity index (χ2v) is 4.73. The fourth-order valence-corrected chi connectivity index (χ4v) is 1.65. The van der Waals surface area contributed by atoms with Crippen molar-refractivity contribution >= 4 is 11.8 Å². The third-order valence-electron chi connectivity index (χ3n) is 2.57. The van der Waals surface area contributed by atoms with E-state index in [1.54, 1.807) is 4.90 Å². The Labute approximate surface area is 102 Å². The summed E-state index contributed by atoms with van der Waals surface area (Å²) in [6.07, 6.45) is 1.23. The molecule has 1 fully saturated rings. The van der Waals surface area contributed by atoms with Gasteiger partial charge in [0.1, 0.15) is 0 Å². The van der Waals surface area contributed by atoms with Crippen molar-refractivity contribution in [1.82, 2.24) is 10.2 Å². The van der Waals surface area contributed by atoms with E-state index in [0.717, 1.165) is 13.0 Å². The molecule has 0 atom stereocenters. The predicted octanol–water partition coefficient (Wildman–Crippen LogP) is 0.398. The van der Waals surface area contributed by atoms with Gasteiger partial charge in [0.15, 0.2) is 0 Å². The van der Waals surface area contributed by atoms with E-state index in [9.17, 15) is 9.59 Å². The van der Waals surface area contributed by atoms with Gasteiger partial charge >= 0.3 is 0 Å². The largest absolute Gasteiger partial charge is 0.381 e. The van der Waals surface area contributed by atoms with Crippen LogP contribution in [0.2, 0.25) is 0 Å². The van der Waals surface area contributed by atoms with Crippen molar-refractivity contribution < 1.29 is 14.3 Å². The van der Waals surface area contributed by atoms with E-state index in [4.69, 9.17) is 4.74 Å². The number of carbonyl (C=O) groups is 2. The number of hydrogen-bond donors (Lipinski definition) is 1. The quantitative estimate of drug-likeness (QED) is 0.686. The van der Waals surface area contributed by atoms with Crippen LogP contribution in [0.25, 0.3) is 0 Å². The SMILES string of the molecule is CC(C)COCCCN1CCC(=O)NCC1=O. The smallest absolute Gasteiger partial charge is 0.241 e. The summed E-state index contributed by atoms with van der Waals surface area (Å²) in [4.78, 5) is 24.4. The number of amides is 2. The molecule has 2 amide bonds. The maximum absolute atomic E-state index is 11.6. The highest BCUT2D eigenvalue weighted by molar-refractivity contribution is 5.87. The maximum Gasteiger partial charge on any atom is 0.241 e. The average molecular weight is 242 g/mol. The number of carbonyl (C=O) groups excluding carboxylic acids is 2. The highest BCUT2D eigenvalue weighted by Gasteiger charge is 2.19. The lowest BCUT2D eigenvalue weighted by atomic mass is 10.2. The van der Waals surface area contributed by atoms with Crippen LogP contribution >= 0.6 is 0 Å². The van der Waals surface area contributed by atoms with Crippen LogP contribution in [-0.2, 0) is 14.3 Å². The van der Waals surface area contributed by atoms with Crippen molar-refractivity contribution in [2.75, 3.05) is 32.8 Å². The first-order valence-corrected chi connectivity index (χ1v) is 6.22. The zero-order valence-corrected chi connectivity index (χ0v) is 10.7. The van der Waals surface area contributed by atoms with Crippen LogP contribution in [0.15, 0.2) is 0 Å². The van der Waals surface area contributed by atoms with Gasteiger partial charge in [-0.1, -0.05) is 13.8 Å². The van der Waals surface area contributed by atoms with E-state index < -0.39 is 0 Å². The molecule has 0 bridgehead atoms. The minimum Gasteiger partial charge on any atom is -0.381 e. The lowest BCUT2D eigenvalue weighted by Gasteiger charge is -2.19. The van der Waals surface area contributed by atoms with Gasteiger partial charge < -0.3 is 15.0 Å². The summed E-state index contributed by atoms with van der Waals surface area (Å²) in [5, 5.41) is 2.58.